The van der Waals surface area contributed by atoms with Gasteiger partial charge in [-0.15, -0.1) is 0 Å². The summed E-state index contributed by atoms with van der Waals surface area (Å²) >= 11 is 0. The molecule has 1 saturated heterocycles. The van der Waals surface area contributed by atoms with Gasteiger partial charge in [-0.05, 0) is 24.6 Å². The zero-order valence-corrected chi connectivity index (χ0v) is 18.9. The highest BCUT2D eigenvalue weighted by atomic mass is 16.6. The van der Waals surface area contributed by atoms with Crippen molar-refractivity contribution in [3.05, 3.63) is 29.8 Å². The molecule has 0 radical (unpaired) electrons. The molecule has 1 aliphatic heterocycles. The number of carbonyl (C=O) groups excluding carboxylic acids is 4. The standard InChI is InChI=1S/C22H30N2O8/c1-12-20(24-13(2)25)22(32-15(4)27)21(31-14(3)26)18(30-12)11-23-19(28)10-16-7-6-8-17(9-16)29-5/h6-9,12,18,20-22H,10-11H2,1-5H3,(H,23,28)(H,24,25). The van der Waals surface area contributed by atoms with Gasteiger partial charge in [-0.3, -0.25) is 19.2 Å². The van der Waals surface area contributed by atoms with Crippen LogP contribution in [0.5, 0.6) is 5.75 Å². The number of carbonyl (C=O) groups is 4. The molecule has 1 heterocycles. The van der Waals surface area contributed by atoms with Gasteiger partial charge in [0, 0.05) is 27.3 Å². The summed E-state index contributed by atoms with van der Waals surface area (Å²) in [6, 6.07) is 6.40. The Balaban J connectivity index is 2.14. The number of ether oxygens (including phenoxy) is 4. The first kappa shape index (κ1) is 25.1. The van der Waals surface area contributed by atoms with Crippen molar-refractivity contribution in [3.63, 3.8) is 0 Å². The number of rotatable bonds is 8. The van der Waals surface area contributed by atoms with Gasteiger partial charge in [0.05, 0.1) is 25.7 Å². The highest BCUT2D eigenvalue weighted by Crippen LogP contribution is 2.26. The normalized spacial score (nSPS) is 24.7. The van der Waals surface area contributed by atoms with E-state index in [0.29, 0.717) is 5.75 Å². The molecule has 0 saturated carbocycles. The number of esters is 2. The maximum absolute atomic E-state index is 12.5. The minimum atomic E-state index is -1.03. The second-order valence-electron chi connectivity index (χ2n) is 7.59. The average molecular weight is 450 g/mol. The lowest BCUT2D eigenvalue weighted by Gasteiger charge is -2.44. The van der Waals surface area contributed by atoms with Crippen molar-refractivity contribution in [3.8, 4) is 5.75 Å². The molecule has 10 heteroatoms. The van der Waals surface area contributed by atoms with Crippen molar-refractivity contribution in [1.82, 2.24) is 10.6 Å². The van der Waals surface area contributed by atoms with Crippen LogP contribution < -0.4 is 15.4 Å². The number of hydrogen-bond donors (Lipinski definition) is 2. The maximum atomic E-state index is 12.5. The van der Waals surface area contributed by atoms with E-state index in [-0.39, 0.29) is 24.8 Å². The molecular weight excluding hydrogens is 420 g/mol. The molecule has 1 aromatic rings. The molecule has 2 rings (SSSR count). The smallest absolute Gasteiger partial charge is 0.303 e. The third kappa shape index (κ3) is 7.23. The average Bonchev–Trinajstić information content (AvgIpc) is 2.70. The Morgan fingerprint density at radius 1 is 1.03 bits per heavy atom. The van der Waals surface area contributed by atoms with Crippen LogP contribution in [0.1, 0.15) is 33.3 Å². The van der Waals surface area contributed by atoms with E-state index in [4.69, 9.17) is 18.9 Å². The van der Waals surface area contributed by atoms with Crippen LogP contribution in [0.2, 0.25) is 0 Å². The maximum Gasteiger partial charge on any atom is 0.303 e. The molecule has 5 unspecified atom stereocenters. The van der Waals surface area contributed by atoms with Crippen LogP contribution in [-0.4, -0.2) is 67.9 Å². The van der Waals surface area contributed by atoms with Crippen molar-refractivity contribution >= 4 is 23.8 Å². The topological polar surface area (TPSA) is 129 Å². The zero-order valence-electron chi connectivity index (χ0n) is 18.9. The van der Waals surface area contributed by atoms with Gasteiger partial charge < -0.3 is 29.6 Å². The van der Waals surface area contributed by atoms with Crippen LogP contribution in [0.3, 0.4) is 0 Å². The summed E-state index contributed by atoms with van der Waals surface area (Å²) in [6.45, 7) is 5.47. The second-order valence-corrected chi connectivity index (χ2v) is 7.59. The zero-order chi connectivity index (χ0) is 23.8. The number of methoxy groups -OCH3 is 1. The molecule has 0 aliphatic carbocycles. The first-order chi connectivity index (χ1) is 15.1. The fraction of sp³-hybridized carbons (Fsp3) is 0.545. The lowest BCUT2D eigenvalue weighted by atomic mass is 9.92. The van der Waals surface area contributed by atoms with Crippen LogP contribution in [0.25, 0.3) is 0 Å². The minimum Gasteiger partial charge on any atom is -0.497 e. The Morgan fingerprint density at radius 2 is 1.69 bits per heavy atom. The lowest BCUT2D eigenvalue weighted by Crippen LogP contribution is -2.66. The van der Waals surface area contributed by atoms with E-state index in [1.54, 1.807) is 38.3 Å². The van der Waals surface area contributed by atoms with Crippen molar-refractivity contribution < 1.29 is 38.1 Å². The van der Waals surface area contributed by atoms with Crippen molar-refractivity contribution in [1.29, 1.82) is 0 Å². The summed E-state index contributed by atoms with van der Waals surface area (Å²) in [7, 11) is 1.55. The van der Waals surface area contributed by atoms with E-state index in [1.165, 1.54) is 20.8 Å². The third-order valence-electron chi connectivity index (χ3n) is 4.91. The van der Waals surface area contributed by atoms with E-state index >= 15 is 0 Å². The molecule has 10 nitrogen and oxygen atoms in total. The van der Waals surface area contributed by atoms with Crippen molar-refractivity contribution in [2.45, 2.75) is 64.6 Å². The summed E-state index contributed by atoms with van der Waals surface area (Å²) < 4.78 is 21.9. The molecule has 1 aromatic carbocycles. The fourth-order valence-electron chi connectivity index (χ4n) is 3.63. The Kier molecular flexibility index (Phi) is 9.01. The van der Waals surface area contributed by atoms with E-state index in [9.17, 15) is 19.2 Å². The molecule has 2 N–H and O–H groups in total. The number of benzene rings is 1. The Morgan fingerprint density at radius 3 is 2.28 bits per heavy atom. The molecule has 0 bridgehead atoms. The van der Waals surface area contributed by atoms with Crippen molar-refractivity contribution in [2.24, 2.45) is 0 Å². The van der Waals surface area contributed by atoms with Crippen molar-refractivity contribution in [2.75, 3.05) is 13.7 Å². The molecule has 2 amide bonds. The quantitative estimate of drug-likeness (QED) is 0.548. The van der Waals surface area contributed by atoms with Gasteiger partial charge in [0.15, 0.2) is 12.2 Å². The highest BCUT2D eigenvalue weighted by molar-refractivity contribution is 5.78. The summed E-state index contributed by atoms with van der Waals surface area (Å²) in [5, 5.41) is 5.46. The fourth-order valence-corrected chi connectivity index (χ4v) is 3.63. The Bertz CT molecular complexity index is 843. The van der Waals surface area contributed by atoms with E-state index in [1.807, 2.05) is 0 Å². The van der Waals surface area contributed by atoms with E-state index in [0.717, 1.165) is 5.56 Å². The second kappa shape index (κ2) is 11.5. The van der Waals surface area contributed by atoms with Gasteiger partial charge in [-0.25, -0.2) is 0 Å². The predicted molar refractivity (Wildman–Crippen MR) is 113 cm³/mol. The van der Waals surface area contributed by atoms with E-state index in [2.05, 4.69) is 10.6 Å². The van der Waals surface area contributed by atoms with Crippen LogP contribution >= 0.6 is 0 Å². The number of nitrogens with one attached hydrogen (secondary N) is 2. The summed E-state index contributed by atoms with van der Waals surface area (Å²) in [5.74, 6) is -1.20. The molecular formula is C22H30N2O8. The monoisotopic (exact) mass is 450 g/mol. The molecule has 0 aromatic heterocycles. The van der Waals surface area contributed by atoms with Crippen LogP contribution in [0.4, 0.5) is 0 Å². The summed E-state index contributed by atoms with van der Waals surface area (Å²) in [4.78, 5) is 47.6. The van der Waals surface area contributed by atoms with Crippen LogP contribution in [-0.2, 0) is 39.8 Å². The van der Waals surface area contributed by atoms with Gasteiger partial charge in [0.25, 0.3) is 0 Å². The summed E-state index contributed by atoms with van der Waals surface area (Å²) in [5.41, 5.74) is 0.764. The molecule has 0 spiro atoms. The number of hydrogen-bond acceptors (Lipinski definition) is 8. The van der Waals surface area contributed by atoms with Gasteiger partial charge in [0.1, 0.15) is 11.9 Å². The van der Waals surface area contributed by atoms with Gasteiger partial charge in [-0.2, -0.15) is 0 Å². The van der Waals surface area contributed by atoms with Crippen LogP contribution in [0.15, 0.2) is 24.3 Å². The van der Waals surface area contributed by atoms with Gasteiger partial charge in [-0.1, -0.05) is 12.1 Å². The first-order valence-electron chi connectivity index (χ1n) is 10.3. The third-order valence-corrected chi connectivity index (χ3v) is 4.91. The molecule has 176 valence electrons. The van der Waals surface area contributed by atoms with Gasteiger partial charge in [0.2, 0.25) is 11.8 Å². The SMILES string of the molecule is COc1cccc(CC(=O)NCC2OC(C)C(NC(C)=O)C(OC(C)=O)C2OC(C)=O)c1. The number of amides is 2. The Hall–Kier alpha value is -3.14. The minimum absolute atomic E-state index is 0.00957. The molecule has 32 heavy (non-hydrogen) atoms. The highest BCUT2D eigenvalue weighted by Gasteiger charge is 2.48. The van der Waals surface area contributed by atoms with E-state index < -0.39 is 42.4 Å². The lowest BCUT2D eigenvalue weighted by molar-refractivity contribution is -0.212. The summed E-state index contributed by atoms with van der Waals surface area (Å²) in [6.07, 6.45) is -3.27. The largest absolute Gasteiger partial charge is 0.497 e. The molecule has 1 aliphatic rings. The van der Waals surface area contributed by atoms with Crippen LogP contribution in [0, 0.1) is 0 Å². The molecule has 1 fully saturated rings. The van der Waals surface area contributed by atoms with Gasteiger partial charge >= 0.3 is 11.9 Å². The predicted octanol–water partition coefficient (Wildman–Crippen LogP) is 0.509. The Labute approximate surface area is 186 Å². The first-order valence-corrected chi connectivity index (χ1v) is 10.3. The molecule has 5 atom stereocenters.